The SMILES string of the molecule is CCCC(O)(CCCc1cccc2ccccc12)CNC(=O)C(C)(C)C(=O)NCC(O)(CCC)CCCc1cccc2ccccc12. The third-order valence-electron chi connectivity index (χ3n) is 9.66. The number of benzene rings is 4. The maximum Gasteiger partial charge on any atom is 0.235 e. The highest BCUT2D eigenvalue weighted by atomic mass is 16.3. The number of hydrogen-bond acceptors (Lipinski definition) is 4. The molecule has 2 atom stereocenters. The number of aliphatic hydroxyl groups is 2. The summed E-state index contributed by atoms with van der Waals surface area (Å²) >= 11 is 0. The van der Waals surface area contributed by atoms with E-state index in [2.05, 4.69) is 71.3 Å². The summed E-state index contributed by atoms with van der Waals surface area (Å²) in [5.41, 5.74) is -0.993. The summed E-state index contributed by atoms with van der Waals surface area (Å²) in [6, 6.07) is 29.3. The fourth-order valence-electron chi connectivity index (χ4n) is 6.81. The lowest BCUT2D eigenvalue weighted by Gasteiger charge is -2.32. The van der Waals surface area contributed by atoms with E-state index in [1.165, 1.54) is 32.7 Å². The lowest BCUT2D eigenvalue weighted by molar-refractivity contribution is -0.143. The molecular weight excluding hydrogens is 584 g/mol. The molecule has 6 nitrogen and oxygen atoms in total. The summed E-state index contributed by atoms with van der Waals surface area (Å²) in [7, 11) is 0. The molecule has 0 saturated carbocycles. The van der Waals surface area contributed by atoms with E-state index < -0.39 is 28.4 Å². The molecule has 0 aliphatic heterocycles. The van der Waals surface area contributed by atoms with Gasteiger partial charge >= 0.3 is 0 Å². The Morgan fingerprint density at radius 3 is 1.36 bits per heavy atom. The molecule has 0 heterocycles. The topological polar surface area (TPSA) is 98.7 Å². The molecule has 2 unspecified atom stereocenters. The summed E-state index contributed by atoms with van der Waals surface area (Å²) in [4.78, 5) is 26.7. The number of carbonyl (C=O) groups excluding carboxylic acids is 2. The maximum absolute atomic E-state index is 13.3. The molecule has 2 amide bonds. The van der Waals surface area contributed by atoms with E-state index in [4.69, 9.17) is 0 Å². The lowest BCUT2D eigenvalue weighted by Crippen LogP contribution is -2.54. The summed E-state index contributed by atoms with van der Waals surface area (Å²) in [6.07, 6.45) is 6.97. The Kier molecular flexibility index (Phi) is 12.6. The van der Waals surface area contributed by atoms with Gasteiger partial charge in [0.05, 0.1) is 11.2 Å². The van der Waals surface area contributed by atoms with E-state index in [9.17, 15) is 19.8 Å². The van der Waals surface area contributed by atoms with Gasteiger partial charge in [0.15, 0.2) is 0 Å². The molecule has 0 radical (unpaired) electrons. The zero-order chi connectivity index (χ0) is 33.9. The molecule has 0 aliphatic rings. The van der Waals surface area contributed by atoms with E-state index >= 15 is 0 Å². The normalized spacial score (nSPS) is 14.4. The average molecular weight is 639 g/mol. The van der Waals surface area contributed by atoms with Crippen LogP contribution in [0.15, 0.2) is 84.9 Å². The van der Waals surface area contributed by atoms with Gasteiger partial charge in [-0.05, 0) is 97.9 Å². The van der Waals surface area contributed by atoms with Gasteiger partial charge in [0.2, 0.25) is 11.8 Å². The van der Waals surface area contributed by atoms with Crippen molar-refractivity contribution in [1.29, 1.82) is 0 Å². The van der Waals surface area contributed by atoms with Crippen molar-refractivity contribution in [1.82, 2.24) is 10.6 Å². The van der Waals surface area contributed by atoms with Crippen molar-refractivity contribution in [2.45, 2.75) is 103 Å². The number of aryl methyl sites for hydroxylation is 2. The van der Waals surface area contributed by atoms with Gasteiger partial charge in [-0.1, -0.05) is 112 Å². The Morgan fingerprint density at radius 2 is 0.957 bits per heavy atom. The zero-order valence-corrected chi connectivity index (χ0v) is 28.8. The minimum Gasteiger partial charge on any atom is -0.388 e. The molecule has 4 rings (SSSR count). The van der Waals surface area contributed by atoms with E-state index in [0.717, 1.165) is 38.5 Å². The van der Waals surface area contributed by atoms with Crippen LogP contribution < -0.4 is 10.6 Å². The number of fused-ring (bicyclic) bond motifs is 2. The second-order valence-corrected chi connectivity index (χ2v) is 13.9. The van der Waals surface area contributed by atoms with Crippen molar-refractivity contribution < 1.29 is 19.8 Å². The minimum absolute atomic E-state index is 0.0832. The van der Waals surface area contributed by atoms with Crippen LogP contribution in [0.4, 0.5) is 0 Å². The Balaban J connectivity index is 1.29. The Hall–Kier alpha value is -3.74. The molecule has 0 spiro atoms. The van der Waals surface area contributed by atoms with Gasteiger partial charge in [0.25, 0.3) is 0 Å². The second-order valence-electron chi connectivity index (χ2n) is 13.9. The average Bonchev–Trinajstić information content (AvgIpc) is 3.06. The molecule has 6 heteroatoms. The first-order chi connectivity index (χ1) is 22.5. The van der Waals surface area contributed by atoms with Crippen molar-refractivity contribution >= 4 is 33.4 Å². The molecule has 4 aromatic rings. The molecule has 0 aliphatic carbocycles. The van der Waals surface area contributed by atoms with E-state index in [0.29, 0.717) is 25.7 Å². The fourth-order valence-corrected chi connectivity index (χ4v) is 6.81. The molecular formula is C41H54N2O4. The van der Waals surface area contributed by atoms with Crippen LogP contribution >= 0.6 is 0 Å². The predicted molar refractivity (Wildman–Crippen MR) is 193 cm³/mol. The minimum atomic E-state index is -1.37. The van der Waals surface area contributed by atoms with Crippen molar-refractivity contribution in [3.05, 3.63) is 96.1 Å². The van der Waals surface area contributed by atoms with Gasteiger partial charge in [-0.2, -0.15) is 0 Å². The highest BCUT2D eigenvalue weighted by Crippen LogP contribution is 2.27. The Labute approximate surface area is 281 Å². The number of hydrogen-bond donors (Lipinski definition) is 4. The quantitative estimate of drug-likeness (QED) is 0.0842. The fraction of sp³-hybridized carbons (Fsp3) is 0.463. The molecule has 252 valence electrons. The van der Waals surface area contributed by atoms with Crippen LogP contribution in [0.25, 0.3) is 21.5 Å². The molecule has 0 saturated heterocycles. The number of carbonyl (C=O) groups is 2. The van der Waals surface area contributed by atoms with Crippen LogP contribution in [-0.4, -0.2) is 46.3 Å². The predicted octanol–water partition coefficient (Wildman–Crippen LogP) is 7.66. The largest absolute Gasteiger partial charge is 0.388 e. The summed E-state index contributed by atoms with van der Waals surface area (Å²) < 4.78 is 0. The van der Waals surface area contributed by atoms with Crippen LogP contribution in [0.3, 0.4) is 0 Å². The second kappa shape index (κ2) is 16.4. The summed E-state index contributed by atoms with van der Waals surface area (Å²) in [5, 5.41) is 33.6. The van der Waals surface area contributed by atoms with Crippen molar-refractivity contribution in [3.63, 3.8) is 0 Å². The van der Waals surface area contributed by atoms with Crippen molar-refractivity contribution in [3.8, 4) is 0 Å². The van der Waals surface area contributed by atoms with Crippen LogP contribution in [0, 0.1) is 5.41 Å². The first-order valence-corrected chi connectivity index (χ1v) is 17.4. The third-order valence-corrected chi connectivity index (χ3v) is 9.66. The van der Waals surface area contributed by atoms with Crippen molar-refractivity contribution in [2.75, 3.05) is 13.1 Å². The third kappa shape index (κ3) is 9.65. The van der Waals surface area contributed by atoms with Crippen molar-refractivity contribution in [2.24, 2.45) is 5.41 Å². The molecule has 0 bridgehead atoms. The number of rotatable bonds is 18. The van der Waals surface area contributed by atoms with E-state index in [1.54, 1.807) is 13.8 Å². The van der Waals surface area contributed by atoms with Crippen LogP contribution in [-0.2, 0) is 22.4 Å². The number of nitrogens with one attached hydrogen (secondary N) is 2. The van der Waals surface area contributed by atoms with Gasteiger partial charge in [0, 0.05) is 13.1 Å². The molecule has 4 N–H and O–H groups in total. The van der Waals surface area contributed by atoms with Crippen LogP contribution in [0.2, 0.25) is 0 Å². The first kappa shape index (κ1) is 36.1. The van der Waals surface area contributed by atoms with E-state index in [-0.39, 0.29) is 13.1 Å². The smallest absolute Gasteiger partial charge is 0.235 e. The van der Waals surface area contributed by atoms with Gasteiger partial charge in [-0.3, -0.25) is 9.59 Å². The van der Waals surface area contributed by atoms with Gasteiger partial charge in [0.1, 0.15) is 5.41 Å². The summed E-state index contributed by atoms with van der Waals surface area (Å²) in [6.45, 7) is 7.40. The Morgan fingerprint density at radius 1 is 0.574 bits per heavy atom. The Bertz CT molecular complexity index is 1500. The summed E-state index contributed by atoms with van der Waals surface area (Å²) in [5.74, 6) is -0.873. The standard InChI is InChI=1S/C41H54N2O4/c1-5-25-40(46,27-13-21-33-19-11-17-31-15-7-9-23-35(31)33)29-42-37(44)39(3,4)38(45)43-30-41(47,26-6-2)28-14-22-34-20-12-18-32-16-8-10-24-36(32)34/h7-12,15-20,23-24,46-47H,5-6,13-14,21-22,25-30H2,1-4H3,(H,42,44)(H,43,45). The lowest BCUT2D eigenvalue weighted by atomic mass is 9.87. The van der Waals surface area contributed by atoms with Gasteiger partial charge in [-0.15, -0.1) is 0 Å². The highest BCUT2D eigenvalue weighted by Gasteiger charge is 2.39. The van der Waals surface area contributed by atoms with Crippen LogP contribution in [0.1, 0.15) is 90.2 Å². The van der Waals surface area contributed by atoms with Gasteiger partial charge < -0.3 is 20.8 Å². The first-order valence-electron chi connectivity index (χ1n) is 17.4. The molecule has 4 aromatic carbocycles. The van der Waals surface area contributed by atoms with E-state index in [1.807, 2.05) is 38.1 Å². The zero-order valence-electron chi connectivity index (χ0n) is 28.8. The van der Waals surface area contributed by atoms with Crippen LogP contribution in [0.5, 0.6) is 0 Å². The molecule has 47 heavy (non-hydrogen) atoms. The highest BCUT2D eigenvalue weighted by molar-refractivity contribution is 6.04. The monoisotopic (exact) mass is 638 g/mol. The maximum atomic E-state index is 13.3. The molecule has 0 fully saturated rings. The number of amides is 2. The molecule has 0 aromatic heterocycles. The van der Waals surface area contributed by atoms with Gasteiger partial charge in [-0.25, -0.2) is 0 Å².